The summed E-state index contributed by atoms with van der Waals surface area (Å²) in [4.78, 5) is 13.1. The highest BCUT2D eigenvalue weighted by Crippen LogP contribution is 2.29. The van der Waals surface area contributed by atoms with Gasteiger partial charge < -0.3 is 4.98 Å². The van der Waals surface area contributed by atoms with Crippen LogP contribution in [0, 0.1) is 0 Å². The highest BCUT2D eigenvalue weighted by atomic mass is 35.5. The minimum Gasteiger partial charge on any atom is -0.327 e. The van der Waals surface area contributed by atoms with Crippen molar-refractivity contribution in [2.45, 2.75) is 11.1 Å². The van der Waals surface area contributed by atoms with Gasteiger partial charge in [0.2, 0.25) is 0 Å². The summed E-state index contributed by atoms with van der Waals surface area (Å²) in [6.07, 6.45) is -4.26. The molecule has 2 aromatic rings. The summed E-state index contributed by atoms with van der Waals surface area (Å²) in [6, 6.07) is 5.34. The van der Waals surface area contributed by atoms with Crippen LogP contribution in [0.25, 0.3) is 0 Å². The van der Waals surface area contributed by atoms with Crippen LogP contribution in [0.4, 0.5) is 18.9 Å². The van der Waals surface area contributed by atoms with Gasteiger partial charge >= 0.3 is 6.18 Å². The van der Waals surface area contributed by atoms with Crippen LogP contribution < -0.4 is 10.3 Å². The summed E-state index contributed by atoms with van der Waals surface area (Å²) in [5.41, 5.74) is -2.91. The first kappa shape index (κ1) is 16.4. The Morgan fingerprint density at radius 3 is 2.27 bits per heavy atom. The van der Waals surface area contributed by atoms with E-state index in [1.165, 1.54) is 12.1 Å². The fraction of sp³-hybridized carbons (Fsp3) is 0.0833. The molecule has 0 aliphatic rings. The molecule has 1 aromatic heterocycles. The Bertz CT molecular complexity index is 845. The van der Waals surface area contributed by atoms with E-state index in [1.54, 1.807) is 0 Å². The van der Waals surface area contributed by atoms with Crippen LogP contribution in [-0.4, -0.2) is 13.4 Å². The molecule has 0 atom stereocenters. The standard InChI is InChI=1S/C12H8ClF3N2O3S/c13-8-1-3-9(4-2-8)22(20,21)18-10-5-7(12(14,15)16)6-17-11(10)19/h1-6,18H,(H,17,19). The van der Waals surface area contributed by atoms with E-state index in [4.69, 9.17) is 11.6 Å². The maximum absolute atomic E-state index is 12.6. The molecule has 0 fully saturated rings. The molecule has 10 heteroatoms. The Hall–Kier alpha value is -2.00. The molecular weight excluding hydrogens is 345 g/mol. The summed E-state index contributed by atoms with van der Waals surface area (Å²) in [5, 5.41) is 0.288. The molecule has 2 N–H and O–H groups in total. The van der Waals surface area contributed by atoms with Crippen LogP contribution in [-0.2, 0) is 16.2 Å². The third kappa shape index (κ3) is 3.60. The van der Waals surface area contributed by atoms with Crippen LogP contribution in [0.1, 0.15) is 5.56 Å². The van der Waals surface area contributed by atoms with Crippen molar-refractivity contribution in [3.8, 4) is 0 Å². The van der Waals surface area contributed by atoms with Crippen LogP contribution >= 0.6 is 11.6 Å². The van der Waals surface area contributed by atoms with Gasteiger partial charge in [0.1, 0.15) is 5.69 Å². The van der Waals surface area contributed by atoms with Crippen molar-refractivity contribution in [2.75, 3.05) is 4.72 Å². The van der Waals surface area contributed by atoms with Crippen LogP contribution in [0.3, 0.4) is 0 Å². The summed E-state index contributed by atoms with van der Waals surface area (Å²) < 4.78 is 63.7. The third-order valence-electron chi connectivity index (χ3n) is 2.60. The van der Waals surface area contributed by atoms with Crippen LogP contribution in [0.2, 0.25) is 5.02 Å². The summed E-state index contributed by atoms with van der Waals surface area (Å²) in [7, 11) is -4.21. The number of sulfonamides is 1. The molecule has 2 rings (SSSR count). The Labute approximate surface area is 127 Å². The molecule has 0 aliphatic heterocycles. The topological polar surface area (TPSA) is 79.0 Å². The summed E-state index contributed by atoms with van der Waals surface area (Å²) >= 11 is 5.62. The lowest BCUT2D eigenvalue weighted by Gasteiger charge is -2.10. The van der Waals surface area contributed by atoms with Crippen molar-refractivity contribution in [2.24, 2.45) is 0 Å². The number of pyridine rings is 1. The highest BCUT2D eigenvalue weighted by molar-refractivity contribution is 7.92. The number of hydrogen-bond acceptors (Lipinski definition) is 3. The number of halogens is 4. The molecule has 22 heavy (non-hydrogen) atoms. The second-order valence-corrected chi connectivity index (χ2v) is 6.31. The number of benzene rings is 1. The van der Waals surface area contributed by atoms with Crippen LogP contribution in [0.5, 0.6) is 0 Å². The van der Waals surface area contributed by atoms with Gasteiger partial charge in [0.25, 0.3) is 15.6 Å². The quantitative estimate of drug-likeness (QED) is 0.891. The molecule has 0 bridgehead atoms. The molecule has 118 valence electrons. The molecule has 0 radical (unpaired) electrons. The van der Waals surface area contributed by atoms with E-state index < -0.39 is 33.0 Å². The van der Waals surface area contributed by atoms with Gasteiger partial charge in [-0.1, -0.05) is 11.6 Å². The molecule has 0 aliphatic carbocycles. The smallest absolute Gasteiger partial charge is 0.327 e. The Balaban J connectivity index is 2.41. The van der Waals surface area contributed by atoms with Gasteiger partial charge in [-0.2, -0.15) is 13.2 Å². The third-order valence-corrected chi connectivity index (χ3v) is 4.23. The van der Waals surface area contributed by atoms with Gasteiger partial charge in [0.15, 0.2) is 0 Å². The fourth-order valence-electron chi connectivity index (χ4n) is 1.54. The van der Waals surface area contributed by atoms with Crippen molar-refractivity contribution in [1.82, 2.24) is 4.98 Å². The number of rotatable bonds is 3. The van der Waals surface area contributed by atoms with Gasteiger partial charge in [-0.25, -0.2) is 8.42 Å². The molecule has 0 amide bonds. The minimum atomic E-state index is -4.72. The van der Waals surface area contributed by atoms with Gasteiger partial charge in [-0.05, 0) is 30.3 Å². The van der Waals surface area contributed by atoms with Crippen molar-refractivity contribution in [3.05, 3.63) is 57.5 Å². The predicted molar refractivity (Wildman–Crippen MR) is 74.3 cm³/mol. The Morgan fingerprint density at radius 2 is 1.73 bits per heavy atom. The Morgan fingerprint density at radius 1 is 1.14 bits per heavy atom. The van der Waals surface area contributed by atoms with E-state index in [0.29, 0.717) is 12.3 Å². The molecule has 1 heterocycles. The van der Waals surface area contributed by atoms with Crippen LogP contribution in [0.15, 0.2) is 46.2 Å². The molecule has 0 unspecified atom stereocenters. The van der Waals surface area contributed by atoms with Crippen molar-refractivity contribution in [1.29, 1.82) is 0 Å². The van der Waals surface area contributed by atoms with E-state index in [0.717, 1.165) is 12.1 Å². The van der Waals surface area contributed by atoms with Gasteiger partial charge in [-0.15, -0.1) is 0 Å². The molecule has 5 nitrogen and oxygen atoms in total. The monoisotopic (exact) mass is 352 g/mol. The molecule has 1 aromatic carbocycles. The van der Waals surface area contributed by atoms with E-state index in [2.05, 4.69) is 0 Å². The van der Waals surface area contributed by atoms with Gasteiger partial charge in [-0.3, -0.25) is 9.52 Å². The molecule has 0 saturated carbocycles. The number of nitrogens with one attached hydrogen (secondary N) is 2. The van der Waals surface area contributed by atoms with E-state index in [-0.39, 0.29) is 9.92 Å². The highest BCUT2D eigenvalue weighted by Gasteiger charge is 2.31. The van der Waals surface area contributed by atoms with E-state index in [1.807, 2.05) is 9.71 Å². The van der Waals surface area contributed by atoms with E-state index >= 15 is 0 Å². The molecular formula is C12H8ClF3N2O3S. The lowest BCUT2D eigenvalue weighted by Crippen LogP contribution is -2.21. The van der Waals surface area contributed by atoms with E-state index in [9.17, 15) is 26.4 Å². The lowest BCUT2D eigenvalue weighted by atomic mass is 10.2. The second-order valence-electron chi connectivity index (χ2n) is 4.19. The predicted octanol–water partition coefficient (Wildman–Crippen LogP) is 2.85. The lowest BCUT2D eigenvalue weighted by molar-refractivity contribution is -0.137. The normalized spacial score (nSPS) is 12.2. The maximum Gasteiger partial charge on any atom is 0.417 e. The van der Waals surface area contributed by atoms with Crippen molar-refractivity contribution in [3.63, 3.8) is 0 Å². The fourth-order valence-corrected chi connectivity index (χ4v) is 2.72. The van der Waals surface area contributed by atoms with Crippen molar-refractivity contribution >= 4 is 27.3 Å². The summed E-state index contributed by atoms with van der Waals surface area (Å²) in [6.45, 7) is 0. The maximum atomic E-state index is 12.6. The second kappa shape index (κ2) is 5.65. The zero-order valence-corrected chi connectivity index (χ0v) is 12.2. The molecule has 0 saturated heterocycles. The number of anilines is 1. The number of hydrogen-bond donors (Lipinski definition) is 2. The zero-order valence-electron chi connectivity index (χ0n) is 10.6. The first-order chi connectivity index (χ1) is 10.1. The average molecular weight is 353 g/mol. The largest absolute Gasteiger partial charge is 0.417 e. The number of aromatic amines is 1. The first-order valence-electron chi connectivity index (χ1n) is 5.68. The zero-order chi connectivity index (χ0) is 16.5. The number of aromatic nitrogens is 1. The summed E-state index contributed by atoms with van der Waals surface area (Å²) in [5.74, 6) is 0. The molecule has 0 spiro atoms. The van der Waals surface area contributed by atoms with Gasteiger partial charge in [0, 0.05) is 11.2 Å². The SMILES string of the molecule is O=c1[nH]cc(C(F)(F)F)cc1NS(=O)(=O)c1ccc(Cl)cc1. The van der Waals surface area contributed by atoms with Crippen molar-refractivity contribution < 1.29 is 21.6 Å². The van der Waals surface area contributed by atoms with Gasteiger partial charge in [0.05, 0.1) is 10.5 Å². The number of H-pyrrole nitrogens is 1. The first-order valence-corrected chi connectivity index (χ1v) is 7.54. The Kier molecular flexibility index (Phi) is 4.21. The minimum absolute atomic E-state index is 0.242. The number of alkyl halides is 3. The average Bonchev–Trinajstić information content (AvgIpc) is 2.40.